The number of nitrogens with zero attached hydrogens (tertiary/aromatic N) is 2. The van der Waals surface area contributed by atoms with E-state index in [0.29, 0.717) is 25.8 Å². The van der Waals surface area contributed by atoms with Gasteiger partial charge in [-0.2, -0.15) is 0 Å². The van der Waals surface area contributed by atoms with Crippen molar-refractivity contribution in [3.8, 4) is 22.8 Å². The second-order valence-corrected chi connectivity index (χ2v) is 7.20. The Morgan fingerprint density at radius 3 is 2.70 bits per heavy atom. The summed E-state index contributed by atoms with van der Waals surface area (Å²) < 4.78 is 20.6. The van der Waals surface area contributed by atoms with E-state index in [0.717, 1.165) is 11.6 Å². The van der Waals surface area contributed by atoms with E-state index in [1.807, 2.05) is 12.1 Å². The molecule has 4 rings (SSSR count). The highest BCUT2D eigenvalue weighted by Gasteiger charge is 2.12. The maximum atomic E-state index is 13.8. The van der Waals surface area contributed by atoms with Crippen molar-refractivity contribution < 1.29 is 14.2 Å². The second-order valence-electron chi connectivity index (χ2n) is 5.76. The van der Waals surface area contributed by atoms with Crippen LogP contribution in [-0.2, 0) is 0 Å². The smallest absolute Gasteiger partial charge is 0.274 e. The van der Waals surface area contributed by atoms with Gasteiger partial charge in [0.15, 0.2) is 22.3 Å². The minimum atomic E-state index is -0.820. The summed E-state index contributed by atoms with van der Waals surface area (Å²) in [6.07, 6.45) is 3.20. The molecular weight excluding hydrogens is 391 g/mol. The highest BCUT2D eigenvalue weighted by molar-refractivity contribution is 7.15. The number of imidazole rings is 1. The predicted octanol–water partition coefficient (Wildman–Crippen LogP) is 3.48. The van der Waals surface area contributed by atoms with Crippen LogP contribution in [0.15, 0.2) is 47.4 Å². The third kappa shape index (κ3) is 3.15. The average molecular weight is 403 g/mol. The Morgan fingerprint density at radius 1 is 1.30 bits per heavy atom. The number of fused-ring (bicyclic) bond motifs is 1. The van der Waals surface area contributed by atoms with Crippen LogP contribution in [0.5, 0.6) is 11.5 Å². The molecule has 0 saturated carbocycles. The van der Waals surface area contributed by atoms with Crippen molar-refractivity contribution in [1.29, 1.82) is 0 Å². The van der Waals surface area contributed by atoms with Gasteiger partial charge in [0.25, 0.3) is 5.56 Å². The van der Waals surface area contributed by atoms with Crippen molar-refractivity contribution in [1.82, 2.24) is 9.38 Å². The lowest BCUT2D eigenvalue weighted by atomic mass is 10.2. The Hall–Kier alpha value is -2.90. The Kier molecular flexibility index (Phi) is 4.33. The molecule has 5 nitrogen and oxygen atoms in total. The first-order valence-corrected chi connectivity index (χ1v) is 9.02. The van der Waals surface area contributed by atoms with Gasteiger partial charge in [0, 0.05) is 16.8 Å². The summed E-state index contributed by atoms with van der Waals surface area (Å²) in [4.78, 5) is 17.7. The van der Waals surface area contributed by atoms with E-state index < -0.39 is 11.6 Å². The summed E-state index contributed by atoms with van der Waals surface area (Å²) >= 11 is 7.09. The van der Waals surface area contributed by atoms with Crippen molar-refractivity contribution in [3.05, 3.63) is 73.9 Å². The second kappa shape index (κ2) is 6.68. The number of aromatic hydroxyl groups is 1. The van der Waals surface area contributed by atoms with Crippen molar-refractivity contribution in [3.63, 3.8) is 0 Å². The van der Waals surface area contributed by atoms with Crippen LogP contribution in [0.3, 0.4) is 0 Å². The fraction of sp³-hybridized carbons (Fsp3) is 0.0526. The van der Waals surface area contributed by atoms with Gasteiger partial charge in [-0.25, -0.2) is 9.37 Å². The van der Waals surface area contributed by atoms with Crippen LogP contribution in [-0.4, -0.2) is 21.6 Å². The normalized spacial score (nSPS) is 12.0. The molecule has 0 amide bonds. The number of phenolic OH excluding ortho intramolecular Hbond substituents is 1. The molecule has 4 aromatic rings. The number of aromatic nitrogens is 2. The summed E-state index contributed by atoms with van der Waals surface area (Å²) in [5.74, 6) is -1.38. The van der Waals surface area contributed by atoms with Gasteiger partial charge >= 0.3 is 0 Å². The molecule has 0 radical (unpaired) electrons. The van der Waals surface area contributed by atoms with Crippen LogP contribution < -0.4 is 14.8 Å². The molecule has 0 fully saturated rings. The number of thiazole rings is 1. The number of ether oxygens (including phenoxy) is 1. The number of benzene rings is 2. The molecule has 0 saturated heterocycles. The van der Waals surface area contributed by atoms with E-state index in [2.05, 4.69) is 4.98 Å². The number of hydrogen-bond donors (Lipinski definition) is 1. The molecule has 0 bridgehead atoms. The molecule has 0 aliphatic heterocycles. The predicted molar refractivity (Wildman–Crippen MR) is 103 cm³/mol. The van der Waals surface area contributed by atoms with Crippen LogP contribution in [0.2, 0.25) is 5.02 Å². The van der Waals surface area contributed by atoms with Crippen LogP contribution in [0.1, 0.15) is 5.56 Å². The van der Waals surface area contributed by atoms with Gasteiger partial charge in [-0.15, -0.1) is 0 Å². The summed E-state index contributed by atoms with van der Waals surface area (Å²) in [6.45, 7) is 0. The SMILES string of the molecule is COc1cc(/C=c2\sc3nc(-c4ccc(Cl)cc4)cn3c2=O)cc(F)c1O. The lowest BCUT2D eigenvalue weighted by molar-refractivity contribution is 0.357. The Morgan fingerprint density at radius 2 is 2.04 bits per heavy atom. The highest BCUT2D eigenvalue weighted by Crippen LogP contribution is 2.30. The van der Waals surface area contributed by atoms with E-state index in [1.54, 1.807) is 18.3 Å². The number of methoxy groups -OCH3 is 1. The summed E-state index contributed by atoms with van der Waals surface area (Å²) in [5, 5.41) is 10.2. The van der Waals surface area contributed by atoms with E-state index in [4.69, 9.17) is 16.3 Å². The first kappa shape index (κ1) is 17.5. The van der Waals surface area contributed by atoms with Gasteiger partial charge in [0.1, 0.15) is 0 Å². The van der Waals surface area contributed by atoms with Gasteiger partial charge in [-0.05, 0) is 35.9 Å². The van der Waals surface area contributed by atoms with Gasteiger partial charge < -0.3 is 9.84 Å². The molecule has 27 heavy (non-hydrogen) atoms. The van der Waals surface area contributed by atoms with E-state index in [-0.39, 0.29) is 11.3 Å². The topological polar surface area (TPSA) is 63.8 Å². The first-order chi connectivity index (χ1) is 13.0. The molecule has 0 spiro atoms. The highest BCUT2D eigenvalue weighted by atomic mass is 35.5. The average Bonchev–Trinajstić information content (AvgIpc) is 3.18. The number of rotatable bonds is 3. The maximum Gasteiger partial charge on any atom is 0.274 e. The quantitative estimate of drug-likeness (QED) is 0.570. The van der Waals surface area contributed by atoms with E-state index in [1.165, 1.54) is 35.0 Å². The molecule has 0 aliphatic rings. The van der Waals surface area contributed by atoms with Crippen molar-refractivity contribution in [2.45, 2.75) is 0 Å². The van der Waals surface area contributed by atoms with Crippen LogP contribution in [0, 0.1) is 5.82 Å². The maximum absolute atomic E-state index is 13.8. The van der Waals surface area contributed by atoms with Crippen LogP contribution in [0.25, 0.3) is 22.3 Å². The van der Waals surface area contributed by atoms with Crippen molar-refractivity contribution in [2.24, 2.45) is 0 Å². The fourth-order valence-corrected chi connectivity index (χ4v) is 3.76. The zero-order valence-electron chi connectivity index (χ0n) is 13.9. The molecule has 136 valence electrons. The minimum absolute atomic E-state index is 0.0000530. The third-order valence-corrected chi connectivity index (χ3v) is 5.25. The molecule has 2 aromatic carbocycles. The zero-order valence-corrected chi connectivity index (χ0v) is 15.5. The van der Waals surface area contributed by atoms with E-state index >= 15 is 0 Å². The van der Waals surface area contributed by atoms with Crippen LogP contribution >= 0.6 is 22.9 Å². The van der Waals surface area contributed by atoms with Gasteiger partial charge in [0.05, 0.1) is 17.3 Å². The fourth-order valence-electron chi connectivity index (χ4n) is 2.68. The molecule has 0 unspecified atom stereocenters. The van der Waals surface area contributed by atoms with Gasteiger partial charge in [-0.1, -0.05) is 35.1 Å². The standard InChI is InChI=1S/C19H12ClFN2O3S/c1-26-15-7-10(6-13(21)17(15)24)8-16-18(25)23-9-14(22-19(23)27-16)11-2-4-12(20)5-3-11/h2-9,24H,1H3/b16-8-. The number of halogens is 2. The molecule has 1 N–H and O–H groups in total. The third-order valence-electron chi connectivity index (χ3n) is 4.01. The van der Waals surface area contributed by atoms with Gasteiger partial charge in [-0.3, -0.25) is 9.20 Å². The Balaban J connectivity index is 1.80. The lowest BCUT2D eigenvalue weighted by Crippen LogP contribution is -2.22. The van der Waals surface area contributed by atoms with E-state index in [9.17, 15) is 14.3 Å². The molecular formula is C19H12ClFN2O3S. The Bertz CT molecular complexity index is 1270. The minimum Gasteiger partial charge on any atom is -0.502 e. The van der Waals surface area contributed by atoms with Crippen LogP contribution in [0.4, 0.5) is 4.39 Å². The summed E-state index contributed by atoms with van der Waals surface area (Å²) in [7, 11) is 1.33. The largest absolute Gasteiger partial charge is 0.502 e. The van der Waals surface area contributed by atoms with Gasteiger partial charge in [0.2, 0.25) is 0 Å². The zero-order chi connectivity index (χ0) is 19.1. The number of phenols is 1. The first-order valence-electron chi connectivity index (χ1n) is 7.82. The lowest BCUT2D eigenvalue weighted by Gasteiger charge is -2.04. The van der Waals surface area contributed by atoms with Crippen molar-refractivity contribution in [2.75, 3.05) is 7.11 Å². The molecule has 0 aliphatic carbocycles. The Labute approximate surface area is 161 Å². The molecule has 2 aromatic heterocycles. The number of hydrogen-bond acceptors (Lipinski definition) is 5. The molecule has 2 heterocycles. The molecule has 8 heteroatoms. The summed E-state index contributed by atoms with van der Waals surface area (Å²) in [6, 6.07) is 9.77. The summed E-state index contributed by atoms with van der Waals surface area (Å²) in [5.41, 5.74) is 1.67. The molecule has 0 atom stereocenters. The van der Waals surface area contributed by atoms with Crippen molar-refractivity contribution >= 4 is 34.0 Å². The monoisotopic (exact) mass is 402 g/mol.